The second-order valence-corrected chi connectivity index (χ2v) is 3.46. The highest BCUT2D eigenvalue weighted by Crippen LogP contribution is 2.01. The van der Waals surface area contributed by atoms with Crippen molar-refractivity contribution in [2.45, 2.75) is 26.8 Å². The highest BCUT2D eigenvalue weighted by atomic mass is 16.2. The molecule has 0 aliphatic heterocycles. The molecule has 0 saturated heterocycles. The van der Waals surface area contributed by atoms with Crippen LogP contribution < -0.4 is 5.73 Å². The molecule has 0 aromatic heterocycles. The van der Waals surface area contributed by atoms with Gasteiger partial charge in [-0.2, -0.15) is 0 Å². The summed E-state index contributed by atoms with van der Waals surface area (Å²) in [5.74, 6) is 0.186. The van der Waals surface area contributed by atoms with E-state index in [0.29, 0.717) is 6.54 Å². The average Bonchev–Trinajstić information content (AvgIpc) is 2.18. The standard InChI is InChI=1S/C10H23N3O/c1-5-13(6-2)10(14)9(3)12(4)8-7-11/h9H,5-8,11H2,1-4H3. The van der Waals surface area contributed by atoms with Crippen LogP contribution in [-0.2, 0) is 4.79 Å². The topological polar surface area (TPSA) is 49.6 Å². The minimum Gasteiger partial charge on any atom is -0.342 e. The molecule has 84 valence electrons. The quantitative estimate of drug-likeness (QED) is 0.665. The lowest BCUT2D eigenvalue weighted by molar-refractivity contribution is -0.135. The molecule has 0 aliphatic carbocycles. The molecular weight excluding hydrogens is 178 g/mol. The molecule has 0 fully saturated rings. The Bertz CT molecular complexity index is 169. The molecule has 4 heteroatoms. The monoisotopic (exact) mass is 201 g/mol. The molecule has 0 spiro atoms. The number of rotatable bonds is 6. The maximum Gasteiger partial charge on any atom is 0.239 e. The Kier molecular flexibility index (Phi) is 6.49. The van der Waals surface area contributed by atoms with Gasteiger partial charge in [0.15, 0.2) is 0 Å². The van der Waals surface area contributed by atoms with Crippen molar-refractivity contribution in [2.24, 2.45) is 5.73 Å². The second-order valence-electron chi connectivity index (χ2n) is 3.46. The molecule has 0 rings (SSSR count). The molecule has 0 aromatic carbocycles. The summed E-state index contributed by atoms with van der Waals surface area (Å²) >= 11 is 0. The van der Waals surface area contributed by atoms with E-state index in [-0.39, 0.29) is 11.9 Å². The van der Waals surface area contributed by atoms with Crippen LogP contribution in [0.1, 0.15) is 20.8 Å². The predicted molar refractivity (Wildman–Crippen MR) is 59.1 cm³/mol. The van der Waals surface area contributed by atoms with Gasteiger partial charge in [-0.25, -0.2) is 0 Å². The summed E-state index contributed by atoms with van der Waals surface area (Å²) in [6.07, 6.45) is 0. The third-order valence-corrected chi connectivity index (χ3v) is 2.58. The third kappa shape index (κ3) is 3.64. The lowest BCUT2D eigenvalue weighted by Crippen LogP contribution is -2.46. The predicted octanol–water partition coefficient (Wildman–Crippen LogP) is 0.134. The van der Waals surface area contributed by atoms with E-state index in [1.807, 2.05) is 37.6 Å². The van der Waals surface area contributed by atoms with Crippen LogP contribution in [0.15, 0.2) is 0 Å². The Balaban J connectivity index is 4.21. The van der Waals surface area contributed by atoms with Crippen LogP contribution in [0.2, 0.25) is 0 Å². The van der Waals surface area contributed by atoms with Crippen molar-refractivity contribution < 1.29 is 4.79 Å². The minimum atomic E-state index is -0.0709. The molecule has 1 amide bonds. The van der Waals surface area contributed by atoms with Gasteiger partial charge in [-0.15, -0.1) is 0 Å². The van der Waals surface area contributed by atoms with E-state index in [1.165, 1.54) is 0 Å². The van der Waals surface area contributed by atoms with E-state index in [2.05, 4.69) is 0 Å². The first-order valence-electron chi connectivity index (χ1n) is 5.27. The first-order chi connectivity index (χ1) is 6.58. The normalized spacial score (nSPS) is 13.0. The summed E-state index contributed by atoms with van der Waals surface area (Å²) < 4.78 is 0. The van der Waals surface area contributed by atoms with Crippen LogP contribution in [-0.4, -0.2) is 55.0 Å². The fourth-order valence-corrected chi connectivity index (χ4v) is 1.39. The number of nitrogens with zero attached hydrogens (tertiary/aromatic N) is 2. The molecule has 0 aliphatic rings. The van der Waals surface area contributed by atoms with E-state index < -0.39 is 0 Å². The highest BCUT2D eigenvalue weighted by molar-refractivity contribution is 5.81. The van der Waals surface area contributed by atoms with Crippen molar-refractivity contribution in [2.75, 3.05) is 33.2 Å². The molecule has 0 heterocycles. The molecule has 4 nitrogen and oxygen atoms in total. The van der Waals surface area contributed by atoms with E-state index in [4.69, 9.17) is 5.73 Å². The summed E-state index contributed by atoms with van der Waals surface area (Å²) in [7, 11) is 1.93. The number of carbonyl (C=O) groups excluding carboxylic acids is 1. The Hall–Kier alpha value is -0.610. The van der Waals surface area contributed by atoms with Crippen molar-refractivity contribution >= 4 is 5.91 Å². The second kappa shape index (κ2) is 6.79. The van der Waals surface area contributed by atoms with Gasteiger partial charge < -0.3 is 10.6 Å². The first-order valence-corrected chi connectivity index (χ1v) is 5.27. The molecule has 0 radical (unpaired) electrons. The molecule has 0 bridgehead atoms. The molecule has 14 heavy (non-hydrogen) atoms. The minimum absolute atomic E-state index is 0.0709. The first kappa shape index (κ1) is 13.4. The Labute approximate surface area is 87.0 Å². The smallest absolute Gasteiger partial charge is 0.239 e. The molecule has 0 aromatic rings. The van der Waals surface area contributed by atoms with E-state index in [0.717, 1.165) is 19.6 Å². The fourth-order valence-electron chi connectivity index (χ4n) is 1.39. The number of nitrogens with two attached hydrogens (primary N) is 1. The Morgan fingerprint density at radius 3 is 2.21 bits per heavy atom. The Morgan fingerprint density at radius 2 is 1.86 bits per heavy atom. The van der Waals surface area contributed by atoms with E-state index in [1.54, 1.807) is 0 Å². The van der Waals surface area contributed by atoms with Crippen molar-refractivity contribution in [1.29, 1.82) is 0 Å². The summed E-state index contributed by atoms with van der Waals surface area (Å²) in [4.78, 5) is 15.7. The fraction of sp³-hybridized carbons (Fsp3) is 0.900. The van der Waals surface area contributed by atoms with Crippen LogP contribution >= 0.6 is 0 Å². The summed E-state index contributed by atoms with van der Waals surface area (Å²) in [5, 5.41) is 0. The van der Waals surface area contributed by atoms with Crippen molar-refractivity contribution in [3.05, 3.63) is 0 Å². The average molecular weight is 201 g/mol. The summed E-state index contributed by atoms with van der Waals surface area (Å²) in [6, 6.07) is -0.0709. The molecule has 1 unspecified atom stereocenters. The van der Waals surface area contributed by atoms with E-state index >= 15 is 0 Å². The number of hydrogen-bond donors (Lipinski definition) is 1. The Morgan fingerprint density at radius 1 is 1.36 bits per heavy atom. The van der Waals surface area contributed by atoms with Gasteiger partial charge >= 0.3 is 0 Å². The van der Waals surface area contributed by atoms with Crippen molar-refractivity contribution in [3.63, 3.8) is 0 Å². The van der Waals surface area contributed by atoms with Gasteiger partial charge in [0.25, 0.3) is 0 Å². The van der Waals surface area contributed by atoms with Crippen LogP contribution in [0.25, 0.3) is 0 Å². The van der Waals surface area contributed by atoms with Gasteiger partial charge in [-0.1, -0.05) is 0 Å². The number of carbonyl (C=O) groups is 1. The zero-order valence-corrected chi connectivity index (χ0v) is 9.79. The van der Waals surface area contributed by atoms with Crippen LogP contribution in [0.4, 0.5) is 0 Å². The van der Waals surface area contributed by atoms with Crippen molar-refractivity contribution in [3.8, 4) is 0 Å². The zero-order valence-electron chi connectivity index (χ0n) is 9.79. The SMILES string of the molecule is CCN(CC)C(=O)C(C)N(C)CCN. The summed E-state index contributed by atoms with van der Waals surface area (Å²) in [5.41, 5.74) is 5.44. The number of likely N-dealkylation sites (N-methyl/N-ethyl adjacent to an activating group) is 2. The molecule has 0 saturated carbocycles. The van der Waals surface area contributed by atoms with Gasteiger partial charge in [0, 0.05) is 26.2 Å². The van der Waals surface area contributed by atoms with Crippen LogP contribution in [0, 0.1) is 0 Å². The van der Waals surface area contributed by atoms with Gasteiger partial charge in [-0.05, 0) is 27.8 Å². The lowest BCUT2D eigenvalue weighted by Gasteiger charge is -2.28. The number of amides is 1. The maximum absolute atomic E-state index is 11.9. The van der Waals surface area contributed by atoms with Crippen LogP contribution in [0.5, 0.6) is 0 Å². The van der Waals surface area contributed by atoms with Gasteiger partial charge in [0.1, 0.15) is 0 Å². The van der Waals surface area contributed by atoms with Crippen molar-refractivity contribution in [1.82, 2.24) is 9.80 Å². The largest absolute Gasteiger partial charge is 0.342 e. The summed E-state index contributed by atoms with van der Waals surface area (Å²) in [6.45, 7) is 8.82. The highest BCUT2D eigenvalue weighted by Gasteiger charge is 2.21. The molecule has 2 N–H and O–H groups in total. The van der Waals surface area contributed by atoms with Gasteiger partial charge in [0.05, 0.1) is 6.04 Å². The maximum atomic E-state index is 11.9. The molecule has 1 atom stereocenters. The van der Waals surface area contributed by atoms with Crippen LogP contribution in [0.3, 0.4) is 0 Å². The van der Waals surface area contributed by atoms with Gasteiger partial charge in [-0.3, -0.25) is 9.69 Å². The van der Waals surface area contributed by atoms with E-state index in [9.17, 15) is 4.79 Å². The zero-order chi connectivity index (χ0) is 11.1. The lowest BCUT2D eigenvalue weighted by atomic mass is 10.2. The number of hydrogen-bond acceptors (Lipinski definition) is 3. The van der Waals surface area contributed by atoms with Gasteiger partial charge in [0.2, 0.25) is 5.91 Å². The molecular formula is C10H23N3O. The third-order valence-electron chi connectivity index (χ3n) is 2.58.